The number of allylic oxidation sites excluding steroid dienone is 2. The monoisotopic (exact) mass is 649 g/mol. The quantitative estimate of drug-likeness (QED) is 0.387. The van der Waals surface area contributed by atoms with Crippen LogP contribution in [-0.4, -0.2) is 102 Å². The number of alkyl carbamates (subject to hydrolysis) is 1. The number of carbonyl (C=O) groups is 4. The zero-order chi connectivity index (χ0) is 34.7. The lowest BCUT2D eigenvalue weighted by Crippen LogP contribution is -2.71. The van der Waals surface area contributed by atoms with E-state index in [9.17, 15) is 29.5 Å². The predicted octanol–water partition coefficient (Wildman–Crippen LogP) is 2.35. The molecule has 5 rings (SSSR count). The average molecular weight is 650 g/mol. The maximum atomic E-state index is 14.0. The Morgan fingerprint density at radius 1 is 1.13 bits per heavy atom. The third-order valence-corrected chi connectivity index (χ3v) is 9.66. The molecule has 13 heteroatoms. The highest BCUT2D eigenvalue weighted by atomic mass is 16.6. The van der Waals surface area contributed by atoms with Gasteiger partial charge in [-0.15, -0.1) is 0 Å². The summed E-state index contributed by atoms with van der Waals surface area (Å²) in [6.45, 7) is 9.90. The number of phenolic OH excluding ortho intramolecular Hbond substituents is 1. The highest BCUT2D eigenvalue weighted by Crippen LogP contribution is 2.53. The van der Waals surface area contributed by atoms with Gasteiger partial charge in [-0.25, -0.2) is 4.79 Å². The summed E-state index contributed by atoms with van der Waals surface area (Å²) in [5.74, 6) is -1.08. The Morgan fingerprint density at radius 2 is 1.81 bits per heavy atom. The molecule has 2 amide bonds. The second kappa shape index (κ2) is 12.3. The maximum absolute atomic E-state index is 14.0. The van der Waals surface area contributed by atoms with Gasteiger partial charge >= 0.3 is 6.09 Å². The molecular weight excluding hydrogens is 606 g/mol. The number of methoxy groups -OCH3 is 2. The minimum atomic E-state index is -0.990. The summed E-state index contributed by atoms with van der Waals surface area (Å²) in [6, 6.07) is 0.472. The second-order valence-corrected chi connectivity index (χ2v) is 13.7. The molecule has 1 aromatic rings. The molecule has 6 atom stereocenters. The van der Waals surface area contributed by atoms with Gasteiger partial charge in [-0.05, 0) is 72.6 Å². The van der Waals surface area contributed by atoms with Gasteiger partial charge in [0.25, 0.3) is 0 Å². The molecule has 1 saturated heterocycles. The lowest BCUT2D eigenvalue weighted by atomic mass is 9.69. The minimum Gasteiger partial charge on any atom is -0.504 e. The molecule has 3 aliphatic heterocycles. The minimum absolute atomic E-state index is 0.00335. The van der Waals surface area contributed by atoms with Crippen molar-refractivity contribution in [3.63, 3.8) is 0 Å². The predicted molar refractivity (Wildman–Crippen MR) is 169 cm³/mol. The average Bonchev–Trinajstić information content (AvgIpc) is 2.98. The van der Waals surface area contributed by atoms with E-state index >= 15 is 0 Å². The number of ketones is 2. The molecule has 0 radical (unpaired) electrons. The van der Waals surface area contributed by atoms with Crippen LogP contribution in [0.2, 0.25) is 0 Å². The number of ether oxygens (including phenoxy) is 3. The number of fused-ring (bicyclic) bond motifs is 6. The van der Waals surface area contributed by atoms with Crippen LogP contribution in [0.3, 0.4) is 0 Å². The van der Waals surface area contributed by atoms with E-state index in [4.69, 9.17) is 14.2 Å². The molecule has 1 aromatic carbocycles. The van der Waals surface area contributed by atoms with Gasteiger partial charge in [0.1, 0.15) is 17.7 Å². The molecule has 13 nitrogen and oxygen atoms in total. The normalized spacial score (nSPS) is 26.4. The van der Waals surface area contributed by atoms with Gasteiger partial charge in [0.2, 0.25) is 11.7 Å². The zero-order valence-corrected chi connectivity index (χ0v) is 28.3. The highest BCUT2D eigenvalue weighted by molar-refractivity contribution is 6.25. The van der Waals surface area contributed by atoms with E-state index < -0.39 is 53.6 Å². The summed E-state index contributed by atoms with van der Waals surface area (Å²) in [6.07, 6.45) is -0.189. The van der Waals surface area contributed by atoms with Crippen molar-refractivity contribution in [1.82, 2.24) is 20.4 Å². The standard InChI is InChI=1S/C34H43N5O8/c1-15-10-18-11-20-22(13-35)39-21(26(38(20)7)24(18)28(41)30(15)45-8)12-19-25(29(42)31(46-9)16(2)27(19)40)23(39)14-36-32(43)17(3)37-33(44)47-34(4,5)6/h10,17,20-23,26,41H,11-12,14H2,1-9H3,(H,36,43)(H,37,44)/t17-,20?,21?,22-,23?,26-/m0/s1. The first-order valence-electron chi connectivity index (χ1n) is 15.7. The van der Waals surface area contributed by atoms with Gasteiger partial charge in [0.05, 0.1) is 32.4 Å². The van der Waals surface area contributed by atoms with Crippen molar-refractivity contribution in [3.8, 4) is 17.6 Å². The fourth-order valence-electron chi connectivity index (χ4n) is 7.71. The van der Waals surface area contributed by atoms with Gasteiger partial charge in [0, 0.05) is 40.9 Å². The first-order valence-corrected chi connectivity index (χ1v) is 15.7. The van der Waals surface area contributed by atoms with E-state index in [0.717, 1.165) is 11.1 Å². The van der Waals surface area contributed by atoms with Crippen LogP contribution in [0.25, 0.3) is 0 Å². The molecule has 47 heavy (non-hydrogen) atoms. The van der Waals surface area contributed by atoms with Crippen molar-refractivity contribution >= 4 is 23.6 Å². The second-order valence-electron chi connectivity index (χ2n) is 13.7. The van der Waals surface area contributed by atoms with E-state index in [1.807, 2.05) is 24.9 Å². The number of hydrogen-bond acceptors (Lipinski definition) is 11. The summed E-state index contributed by atoms with van der Waals surface area (Å²) in [4.78, 5) is 57.5. The summed E-state index contributed by atoms with van der Waals surface area (Å²) >= 11 is 0. The van der Waals surface area contributed by atoms with Gasteiger partial charge in [-0.3, -0.25) is 24.2 Å². The lowest BCUT2D eigenvalue weighted by Gasteiger charge is -2.60. The number of amides is 2. The van der Waals surface area contributed by atoms with Crippen molar-refractivity contribution in [2.24, 2.45) is 0 Å². The molecule has 1 fully saturated rings. The lowest BCUT2D eigenvalue weighted by molar-refractivity contribution is -0.125. The highest BCUT2D eigenvalue weighted by Gasteiger charge is 2.58. The molecule has 3 N–H and O–H groups in total. The van der Waals surface area contributed by atoms with Crippen LogP contribution in [0.4, 0.5) is 4.79 Å². The van der Waals surface area contributed by atoms with Crippen molar-refractivity contribution < 1.29 is 38.5 Å². The van der Waals surface area contributed by atoms with E-state index in [1.165, 1.54) is 21.1 Å². The number of aryl methyl sites for hydroxylation is 1. The number of nitrogens with zero attached hydrogens (tertiary/aromatic N) is 3. The number of benzene rings is 1. The zero-order valence-electron chi connectivity index (χ0n) is 28.3. The first-order chi connectivity index (χ1) is 22.1. The van der Waals surface area contributed by atoms with Crippen LogP contribution in [0, 0.1) is 18.3 Å². The fraction of sp³-hybridized carbons (Fsp3) is 0.559. The largest absolute Gasteiger partial charge is 0.504 e. The van der Waals surface area contributed by atoms with Gasteiger partial charge in [-0.1, -0.05) is 6.07 Å². The van der Waals surface area contributed by atoms with Crippen molar-refractivity contribution in [3.05, 3.63) is 45.2 Å². The van der Waals surface area contributed by atoms with E-state index in [0.29, 0.717) is 23.3 Å². The number of carbonyl (C=O) groups excluding carboxylic acids is 4. The number of Topliss-reactive ketones (excluding diaryl/α,β-unsaturated/α-hetero) is 2. The molecule has 3 heterocycles. The van der Waals surface area contributed by atoms with E-state index in [1.54, 1.807) is 27.7 Å². The first kappa shape index (κ1) is 33.9. The number of nitrogens with one attached hydrogen (secondary N) is 2. The van der Waals surface area contributed by atoms with Gasteiger partial charge < -0.3 is 30.0 Å². The summed E-state index contributed by atoms with van der Waals surface area (Å²) in [5, 5.41) is 27.6. The molecule has 1 aliphatic carbocycles. The third kappa shape index (κ3) is 5.63. The van der Waals surface area contributed by atoms with Crippen molar-refractivity contribution in [2.75, 3.05) is 27.8 Å². The number of aromatic hydroxyl groups is 1. The summed E-state index contributed by atoms with van der Waals surface area (Å²) < 4.78 is 16.2. The molecular formula is C34H43N5O8. The van der Waals surface area contributed by atoms with Crippen LogP contribution < -0.4 is 15.4 Å². The number of rotatable bonds is 6. The molecule has 4 aliphatic rings. The number of nitriles is 1. The molecule has 252 valence electrons. The van der Waals surface area contributed by atoms with Crippen molar-refractivity contribution in [1.29, 1.82) is 5.26 Å². The Balaban J connectivity index is 1.59. The van der Waals surface area contributed by atoms with Crippen LogP contribution >= 0.6 is 0 Å². The molecule has 3 unspecified atom stereocenters. The van der Waals surface area contributed by atoms with Crippen LogP contribution in [-0.2, 0) is 30.3 Å². The SMILES string of the molecule is COC1=C(C)C(=O)C2=C(C1=O)C(CNC(=O)[C@H](C)NC(=O)OC(C)(C)C)N1C(C2)[C@H]2c3c(cc(C)c(OC)c3O)CC([C@@H]1C#N)N2C. The Kier molecular flexibility index (Phi) is 8.89. The van der Waals surface area contributed by atoms with Crippen molar-refractivity contribution in [2.45, 2.75) is 96.2 Å². The van der Waals surface area contributed by atoms with E-state index in [-0.39, 0.29) is 47.4 Å². The van der Waals surface area contributed by atoms with Crippen LogP contribution in [0.5, 0.6) is 11.5 Å². The van der Waals surface area contributed by atoms with Crippen LogP contribution in [0.1, 0.15) is 63.8 Å². The smallest absolute Gasteiger partial charge is 0.408 e. The Morgan fingerprint density at radius 3 is 2.40 bits per heavy atom. The summed E-state index contributed by atoms with van der Waals surface area (Å²) in [5.41, 5.74) is 2.20. The molecule has 2 bridgehead atoms. The topological polar surface area (TPSA) is 171 Å². The third-order valence-electron chi connectivity index (χ3n) is 9.66. The Hall–Kier alpha value is -4.41. The molecule has 0 aromatic heterocycles. The number of hydrogen-bond donors (Lipinski definition) is 3. The Labute approximate surface area is 274 Å². The fourth-order valence-corrected chi connectivity index (χ4v) is 7.71. The molecule has 0 saturated carbocycles. The summed E-state index contributed by atoms with van der Waals surface area (Å²) in [7, 11) is 4.72. The van der Waals surface area contributed by atoms with Gasteiger partial charge in [0.15, 0.2) is 23.0 Å². The number of piperazine rings is 1. The Bertz CT molecular complexity index is 1650. The van der Waals surface area contributed by atoms with E-state index in [2.05, 4.69) is 21.6 Å². The number of likely N-dealkylation sites (N-methyl/N-ethyl adjacent to an activating group) is 1. The van der Waals surface area contributed by atoms with Crippen LogP contribution in [0.15, 0.2) is 28.5 Å². The number of phenols is 1. The van der Waals surface area contributed by atoms with Gasteiger partial charge in [-0.2, -0.15) is 5.26 Å². The maximum Gasteiger partial charge on any atom is 0.408 e. The molecule has 0 spiro atoms.